The van der Waals surface area contributed by atoms with Crippen LogP contribution in [-0.4, -0.2) is 59.0 Å². The number of pyridine rings is 2. The van der Waals surface area contributed by atoms with Gasteiger partial charge in [0.15, 0.2) is 0 Å². The Labute approximate surface area is 267 Å². The smallest absolute Gasteiger partial charge is 0.338 e. The van der Waals surface area contributed by atoms with Crippen LogP contribution < -0.4 is 14.2 Å². The molecule has 0 spiro atoms. The number of hydrogen-bond acceptors (Lipinski definition) is 9. The van der Waals surface area contributed by atoms with Crippen molar-refractivity contribution in [3.05, 3.63) is 94.6 Å². The number of aromatic nitrogens is 4. The number of imidazole rings is 1. The van der Waals surface area contributed by atoms with E-state index < -0.39 is 5.97 Å². The van der Waals surface area contributed by atoms with Gasteiger partial charge in [-0.2, -0.15) is 0 Å². The number of carbonyl (C=O) groups excluding carboxylic acids is 1. The quantitative estimate of drug-likeness (QED) is 0.215. The largest absolute Gasteiger partial charge is 0.494 e. The van der Waals surface area contributed by atoms with E-state index in [1.54, 1.807) is 19.4 Å². The van der Waals surface area contributed by atoms with Gasteiger partial charge in [0.1, 0.15) is 29.4 Å². The van der Waals surface area contributed by atoms with Crippen molar-refractivity contribution in [2.45, 2.75) is 51.9 Å². The molecule has 1 atom stereocenters. The van der Waals surface area contributed by atoms with Crippen LogP contribution >= 0.6 is 0 Å². The average molecular weight is 621 g/mol. The number of aryl methyl sites for hydroxylation is 2. The average Bonchev–Trinajstić information content (AvgIpc) is 3.40. The first kappa shape index (κ1) is 29.7. The van der Waals surface area contributed by atoms with E-state index >= 15 is 0 Å². The molecular formula is C36H36N4O6. The fourth-order valence-electron chi connectivity index (χ4n) is 6.13. The van der Waals surface area contributed by atoms with Gasteiger partial charge in [0.2, 0.25) is 5.88 Å². The van der Waals surface area contributed by atoms with Crippen molar-refractivity contribution in [2.75, 3.05) is 27.4 Å². The van der Waals surface area contributed by atoms with Gasteiger partial charge in [-0.1, -0.05) is 12.1 Å². The number of methoxy groups -OCH3 is 2. The number of nitrogens with zero attached hydrogens (tertiary/aromatic N) is 4. The molecule has 10 heteroatoms. The molecule has 0 amide bonds. The van der Waals surface area contributed by atoms with Crippen LogP contribution in [0.3, 0.4) is 0 Å². The second-order valence-electron chi connectivity index (χ2n) is 11.7. The molecule has 0 unspecified atom stereocenters. The van der Waals surface area contributed by atoms with Crippen molar-refractivity contribution in [3.8, 4) is 28.6 Å². The standard InChI is InChI=1S/C36H36N4O6/c1-22-14-25(17-33-39-35-30(40(33)20-27-10-13-44-27)15-26(36(41)43-3)16-32(35)42-2)31-18-28(22)29-7-4-8-34(38-29)46-21-24-9-11-37-19-23(24)6-5-12-45-31/h4,7-9,11,14-16,18-19,27H,5-6,10,12-13,17,20-21H2,1-3H3/t27-/m0/s1. The highest BCUT2D eigenvalue weighted by Crippen LogP contribution is 2.35. The van der Waals surface area contributed by atoms with E-state index in [0.29, 0.717) is 48.9 Å². The molecule has 1 fully saturated rings. The Morgan fingerprint density at radius 1 is 1.04 bits per heavy atom. The first-order chi connectivity index (χ1) is 22.5. The molecule has 5 heterocycles. The third kappa shape index (κ3) is 5.88. The van der Waals surface area contributed by atoms with Gasteiger partial charge in [-0.05, 0) is 73.2 Å². The minimum Gasteiger partial charge on any atom is -0.494 e. The van der Waals surface area contributed by atoms with Gasteiger partial charge < -0.3 is 28.3 Å². The third-order valence-corrected chi connectivity index (χ3v) is 8.70. The van der Waals surface area contributed by atoms with E-state index in [1.807, 2.05) is 36.5 Å². The van der Waals surface area contributed by atoms with Crippen molar-refractivity contribution in [1.82, 2.24) is 19.5 Å². The van der Waals surface area contributed by atoms with Crippen LogP contribution in [0.1, 0.15) is 51.3 Å². The van der Waals surface area contributed by atoms with E-state index in [-0.39, 0.29) is 6.10 Å². The van der Waals surface area contributed by atoms with Crippen LogP contribution in [0.25, 0.3) is 22.3 Å². The minimum atomic E-state index is -0.433. The summed E-state index contributed by atoms with van der Waals surface area (Å²) in [7, 11) is 2.96. The van der Waals surface area contributed by atoms with Crippen molar-refractivity contribution in [2.24, 2.45) is 0 Å². The number of carbonyl (C=O) groups is 1. The summed E-state index contributed by atoms with van der Waals surface area (Å²) in [5.74, 6) is 2.25. The predicted octanol–water partition coefficient (Wildman–Crippen LogP) is 5.88. The van der Waals surface area contributed by atoms with Crippen LogP contribution in [0.4, 0.5) is 0 Å². The van der Waals surface area contributed by atoms with Crippen LogP contribution in [-0.2, 0) is 35.5 Å². The number of hydrogen-bond donors (Lipinski definition) is 0. The molecule has 236 valence electrons. The summed E-state index contributed by atoms with van der Waals surface area (Å²) < 4.78 is 31.4. The number of benzene rings is 2. The summed E-state index contributed by atoms with van der Waals surface area (Å²) in [6, 6.07) is 15.6. The molecule has 7 rings (SSSR count). The second-order valence-corrected chi connectivity index (χ2v) is 11.7. The number of esters is 1. The van der Waals surface area contributed by atoms with Gasteiger partial charge in [0.25, 0.3) is 0 Å². The number of fused-ring (bicyclic) bond motifs is 7. The molecule has 1 saturated heterocycles. The van der Waals surface area contributed by atoms with Gasteiger partial charge in [-0.15, -0.1) is 0 Å². The Kier molecular flexibility index (Phi) is 8.28. The molecule has 2 aliphatic heterocycles. The third-order valence-electron chi connectivity index (χ3n) is 8.70. The molecule has 46 heavy (non-hydrogen) atoms. The summed E-state index contributed by atoms with van der Waals surface area (Å²) >= 11 is 0. The summed E-state index contributed by atoms with van der Waals surface area (Å²) in [6.07, 6.45) is 6.85. The SMILES string of the molecule is COC(=O)c1cc(OC)c2nc(Cc3cc(C)c4cc3OCCCc3cnccc3COc3cccc-4n3)n(C[C@@H]3CCO3)c2c1. The summed E-state index contributed by atoms with van der Waals surface area (Å²) in [6.45, 7) is 4.39. The Morgan fingerprint density at radius 3 is 2.74 bits per heavy atom. The normalized spacial score (nSPS) is 15.9. The maximum absolute atomic E-state index is 12.5. The van der Waals surface area contributed by atoms with Crippen LogP contribution in [0.5, 0.6) is 17.4 Å². The highest BCUT2D eigenvalue weighted by Gasteiger charge is 2.25. The fourth-order valence-corrected chi connectivity index (χ4v) is 6.13. The zero-order valence-electron chi connectivity index (χ0n) is 26.2. The number of rotatable bonds is 6. The lowest BCUT2D eigenvalue weighted by Crippen LogP contribution is -2.31. The fraction of sp³-hybridized carbons (Fsp3) is 0.333. The molecule has 2 aliphatic rings. The van der Waals surface area contributed by atoms with Crippen molar-refractivity contribution in [3.63, 3.8) is 0 Å². The van der Waals surface area contributed by atoms with E-state index in [4.69, 9.17) is 33.7 Å². The van der Waals surface area contributed by atoms with Crippen LogP contribution in [0.15, 0.2) is 60.9 Å². The van der Waals surface area contributed by atoms with Crippen molar-refractivity contribution < 1.29 is 28.5 Å². The summed E-state index contributed by atoms with van der Waals surface area (Å²) in [5, 5.41) is 0. The zero-order valence-corrected chi connectivity index (χ0v) is 26.2. The van der Waals surface area contributed by atoms with E-state index in [9.17, 15) is 4.79 Å². The molecule has 4 bridgehead atoms. The Balaban J connectivity index is 1.31. The zero-order chi connectivity index (χ0) is 31.6. The lowest BCUT2D eigenvalue weighted by atomic mass is 9.99. The molecular weight excluding hydrogens is 584 g/mol. The molecule has 0 aliphatic carbocycles. The number of ether oxygens (including phenoxy) is 5. The Bertz CT molecular complexity index is 1910. The highest BCUT2D eigenvalue weighted by atomic mass is 16.5. The molecule has 0 N–H and O–H groups in total. The van der Waals surface area contributed by atoms with Crippen LogP contribution in [0.2, 0.25) is 0 Å². The maximum Gasteiger partial charge on any atom is 0.338 e. The summed E-state index contributed by atoms with van der Waals surface area (Å²) in [5.41, 5.74) is 7.96. The van der Waals surface area contributed by atoms with Gasteiger partial charge in [-0.25, -0.2) is 14.8 Å². The second kappa shape index (κ2) is 12.8. The first-order valence-corrected chi connectivity index (χ1v) is 15.6. The van der Waals surface area contributed by atoms with E-state index in [0.717, 1.165) is 76.5 Å². The van der Waals surface area contributed by atoms with Crippen molar-refractivity contribution >= 4 is 17.0 Å². The summed E-state index contributed by atoms with van der Waals surface area (Å²) in [4.78, 5) is 26.8. The Morgan fingerprint density at radius 2 is 1.93 bits per heavy atom. The lowest BCUT2D eigenvalue weighted by molar-refractivity contribution is -0.0589. The molecule has 5 aromatic rings. The Hall–Kier alpha value is -4.96. The molecule has 3 aromatic heterocycles. The molecule has 10 nitrogen and oxygen atoms in total. The van der Waals surface area contributed by atoms with Crippen LogP contribution in [0, 0.1) is 6.92 Å². The van der Waals surface area contributed by atoms with Gasteiger partial charge >= 0.3 is 5.97 Å². The van der Waals surface area contributed by atoms with E-state index in [1.165, 1.54) is 7.11 Å². The first-order valence-electron chi connectivity index (χ1n) is 15.6. The maximum atomic E-state index is 12.5. The molecule has 0 saturated carbocycles. The highest BCUT2D eigenvalue weighted by molar-refractivity contribution is 5.96. The molecule has 2 aromatic carbocycles. The molecule has 0 radical (unpaired) electrons. The van der Waals surface area contributed by atoms with Crippen molar-refractivity contribution in [1.29, 1.82) is 0 Å². The van der Waals surface area contributed by atoms with Gasteiger partial charge in [0.05, 0.1) is 50.2 Å². The monoisotopic (exact) mass is 620 g/mol. The lowest BCUT2D eigenvalue weighted by Gasteiger charge is -2.27. The van der Waals surface area contributed by atoms with Gasteiger partial charge in [0, 0.05) is 42.6 Å². The topological polar surface area (TPSA) is 107 Å². The minimum absolute atomic E-state index is 0.0697. The predicted molar refractivity (Wildman–Crippen MR) is 172 cm³/mol. The van der Waals surface area contributed by atoms with Gasteiger partial charge in [-0.3, -0.25) is 4.98 Å². The van der Waals surface area contributed by atoms with E-state index in [2.05, 4.69) is 28.6 Å².